The van der Waals surface area contributed by atoms with E-state index in [4.69, 9.17) is 5.73 Å². The number of nitrogens with two attached hydrogens (primary N) is 1. The molecular formula is C15H21ClN4O. The molecule has 1 atom stereocenters. The van der Waals surface area contributed by atoms with E-state index in [2.05, 4.69) is 10.4 Å². The number of nitrogens with zero attached hydrogens (tertiary/aromatic N) is 2. The Balaban J connectivity index is 0.00000220. The van der Waals surface area contributed by atoms with Crippen LogP contribution in [0.15, 0.2) is 42.7 Å². The van der Waals surface area contributed by atoms with Crippen LogP contribution in [0.5, 0.6) is 0 Å². The maximum absolute atomic E-state index is 11.8. The van der Waals surface area contributed by atoms with Crippen molar-refractivity contribution < 1.29 is 4.79 Å². The molecule has 0 saturated heterocycles. The predicted molar refractivity (Wildman–Crippen MR) is 85.5 cm³/mol. The molecule has 2 aromatic rings. The Morgan fingerprint density at radius 1 is 1.33 bits per heavy atom. The van der Waals surface area contributed by atoms with Crippen molar-refractivity contribution in [3.63, 3.8) is 0 Å². The normalized spacial score (nSPS) is 11.8. The number of aromatic nitrogens is 2. The summed E-state index contributed by atoms with van der Waals surface area (Å²) in [5.41, 5.74) is 7.72. The van der Waals surface area contributed by atoms with Crippen LogP contribution in [0.2, 0.25) is 0 Å². The molecule has 114 valence electrons. The van der Waals surface area contributed by atoms with Crippen LogP contribution in [-0.4, -0.2) is 21.7 Å². The first-order valence-corrected chi connectivity index (χ1v) is 6.70. The van der Waals surface area contributed by atoms with E-state index in [0.29, 0.717) is 6.54 Å². The Labute approximate surface area is 130 Å². The van der Waals surface area contributed by atoms with Crippen molar-refractivity contribution in [3.05, 3.63) is 48.3 Å². The van der Waals surface area contributed by atoms with Crippen LogP contribution in [0.4, 0.5) is 0 Å². The van der Waals surface area contributed by atoms with Crippen LogP contribution in [0.3, 0.4) is 0 Å². The Morgan fingerprint density at radius 3 is 2.62 bits per heavy atom. The predicted octanol–water partition coefficient (Wildman–Crippen LogP) is 1.89. The number of rotatable bonds is 5. The van der Waals surface area contributed by atoms with Crippen LogP contribution < -0.4 is 11.1 Å². The van der Waals surface area contributed by atoms with E-state index >= 15 is 0 Å². The second-order valence-electron chi connectivity index (χ2n) is 5.12. The maximum Gasteiger partial charge on any atom is 0.237 e. The zero-order valence-electron chi connectivity index (χ0n) is 12.2. The molecule has 0 aliphatic rings. The van der Waals surface area contributed by atoms with Crippen molar-refractivity contribution in [3.8, 4) is 5.69 Å². The van der Waals surface area contributed by atoms with E-state index in [1.165, 1.54) is 0 Å². The number of amides is 1. The van der Waals surface area contributed by atoms with Gasteiger partial charge in [0.1, 0.15) is 0 Å². The van der Waals surface area contributed by atoms with E-state index in [9.17, 15) is 4.79 Å². The van der Waals surface area contributed by atoms with Crippen LogP contribution in [-0.2, 0) is 11.3 Å². The van der Waals surface area contributed by atoms with Gasteiger partial charge in [0.05, 0.1) is 17.9 Å². The van der Waals surface area contributed by atoms with Crippen molar-refractivity contribution in [2.75, 3.05) is 0 Å². The second kappa shape index (κ2) is 7.81. The Kier molecular flexibility index (Phi) is 6.39. The number of para-hydroxylation sites is 1. The van der Waals surface area contributed by atoms with Crippen LogP contribution in [0.25, 0.3) is 5.69 Å². The van der Waals surface area contributed by atoms with E-state index in [1.54, 1.807) is 10.9 Å². The van der Waals surface area contributed by atoms with Gasteiger partial charge in [-0.3, -0.25) is 4.79 Å². The standard InChI is InChI=1S/C15H20N4O.ClH/c1-11(2)14(16)15(20)17-8-12-9-18-19(10-12)13-6-4-3-5-7-13;/h3-7,9-11,14H,8,16H2,1-2H3,(H,17,20);1H. The molecule has 3 N–H and O–H groups in total. The summed E-state index contributed by atoms with van der Waals surface area (Å²) in [6, 6.07) is 9.36. The molecule has 5 nitrogen and oxygen atoms in total. The Hall–Kier alpha value is -1.85. The number of carbonyl (C=O) groups is 1. The van der Waals surface area contributed by atoms with Gasteiger partial charge in [0, 0.05) is 18.3 Å². The summed E-state index contributed by atoms with van der Waals surface area (Å²) in [7, 11) is 0. The number of hydrogen-bond donors (Lipinski definition) is 2. The lowest BCUT2D eigenvalue weighted by Gasteiger charge is -2.14. The lowest BCUT2D eigenvalue weighted by molar-refractivity contribution is -0.123. The molecule has 1 aromatic heterocycles. The SMILES string of the molecule is CC(C)C(N)C(=O)NCc1cnn(-c2ccccc2)c1.Cl. The molecule has 0 aliphatic carbocycles. The van der Waals surface area contributed by atoms with Gasteiger partial charge < -0.3 is 11.1 Å². The lowest BCUT2D eigenvalue weighted by atomic mass is 10.1. The summed E-state index contributed by atoms with van der Waals surface area (Å²) >= 11 is 0. The quantitative estimate of drug-likeness (QED) is 0.886. The molecule has 0 radical (unpaired) electrons. The molecule has 21 heavy (non-hydrogen) atoms. The summed E-state index contributed by atoms with van der Waals surface area (Å²) in [6.07, 6.45) is 3.64. The van der Waals surface area contributed by atoms with Gasteiger partial charge in [0.25, 0.3) is 0 Å². The fraction of sp³-hybridized carbons (Fsp3) is 0.333. The molecule has 0 saturated carbocycles. The largest absolute Gasteiger partial charge is 0.351 e. The third kappa shape index (κ3) is 4.58. The van der Waals surface area contributed by atoms with E-state index in [-0.39, 0.29) is 24.2 Å². The number of benzene rings is 1. The van der Waals surface area contributed by atoms with Crippen molar-refractivity contribution in [1.82, 2.24) is 15.1 Å². The molecule has 1 aromatic carbocycles. The summed E-state index contributed by atoms with van der Waals surface area (Å²) in [5, 5.41) is 7.11. The molecule has 1 unspecified atom stereocenters. The highest BCUT2D eigenvalue weighted by molar-refractivity contribution is 5.85. The van der Waals surface area contributed by atoms with Gasteiger partial charge >= 0.3 is 0 Å². The van der Waals surface area contributed by atoms with Crippen LogP contribution >= 0.6 is 12.4 Å². The topological polar surface area (TPSA) is 72.9 Å². The highest BCUT2D eigenvalue weighted by Crippen LogP contribution is 2.07. The second-order valence-corrected chi connectivity index (χ2v) is 5.12. The average Bonchev–Trinajstić information content (AvgIpc) is 2.93. The van der Waals surface area contributed by atoms with Crippen LogP contribution in [0, 0.1) is 5.92 Å². The molecule has 0 spiro atoms. The molecule has 1 heterocycles. The third-order valence-corrected chi connectivity index (χ3v) is 3.14. The first kappa shape index (κ1) is 17.2. The lowest BCUT2D eigenvalue weighted by Crippen LogP contribution is -2.43. The molecule has 1 amide bonds. The van der Waals surface area contributed by atoms with E-state index in [1.807, 2.05) is 50.4 Å². The molecule has 2 rings (SSSR count). The van der Waals surface area contributed by atoms with Crippen molar-refractivity contribution in [1.29, 1.82) is 0 Å². The van der Waals surface area contributed by atoms with Gasteiger partial charge in [-0.2, -0.15) is 5.10 Å². The summed E-state index contributed by atoms with van der Waals surface area (Å²) < 4.78 is 1.78. The molecule has 6 heteroatoms. The zero-order chi connectivity index (χ0) is 14.5. The minimum absolute atomic E-state index is 0. The smallest absolute Gasteiger partial charge is 0.237 e. The van der Waals surface area contributed by atoms with Crippen molar-refractivity contribution in [2.45, 2.75) is 26.4 Å². The molecular weight excluding hydrogens is 288 g/mol. The molecule has 0 fully saturated rings. The van der Waals surface area contributed by atoms with Crippen LogP contribution in [0.1, 0.15) is 19.4 Å². The third-order valence-electron chi connectivity index (χ3n) is 3.14. The van der Waals surface area contributed by atoms with E-state index in [0.717, 1.165) is 11.3 Å². The first-order chi connectivity index (χ1) is 9.58. The minimum Gasteiger partial charge on any atom is -0.351 e. The zero-order valence-corrected chi connectivity index (χ0v) is 13.0. The van der Waals surface area contributed by atoms with Crippen molar-refractivity contribution in [2.24, 2.45) is 11.7 Å². The summed E-state index contributed by atoms with van der Waals surface area (Å²) in [5.74, 6) is -0.00509. The van der Waals surface area contributed by atoms with Gasteiger partial charge in [-0.1, -0.05) is 32.0 Å². The number of carbonyl (C=O) groups excluding carboxylic acids is 1. The Bertz CT molecular complexity index is 568. The maximum atomic E-state index is 11.8. The summed E-state index contributed by atoms with van der Waals surface area (Å²) in [4.78, 5) is 11.8. The van der Waals surface area contributed by atoms with Gasteiger partial charge in [0.2, 0.25) is 5.91 Å². The van der Waals surface area contributed by atoms with E-state index < -0.39 is 6.04 Å². The molecule has 0 bridgehead atoms. The summed E-state index contributed by atoms with van der Waals surface area (Å²) in [6.45, 7) is 4.29. The van der Waals surface area contributed by atoms with Gasteiger partial charge in [-0.25, -0.2) is 4.68 Å². The monoisotopic (exact) mass is 308 g/mol. The van der Waals surface area contributed by atoms with Crippen molar-refractivity contribution >= 4 is 18.3 Å². The fourth-order valence-corrected chi connectivity index (χ4v) is 1.78. The Morgan fingerprint density at radius 2 is 2.00 bits per heavy atom. The highest BCUT2D eigenvalue weighted by atomic mass is 35.5. The van der Waals surface area contributed by atoms with Gasteiger partial charge in [-0.15, -0.1) is 12.4 Å². The average molecular weight is 309 g/mol. The number of nitrogens with one attached hydrogen (secondary N) is 1. The minimum atomic E-state index is -0.473. The first-order valence-electron chi connectivity index (χ1n) is 6.70. The van der Waals surface area contributed by atoms with Gasteiger partial charge in [0.15, 0.2) is 0 Å². The molecule has 0 aliphatic heterocycles. The highest BCUT2D eigenvalue weighted by Gasteiger charge is 2.16. The number of hydrogen-bond acceptors (Lipinski definition) is 3. The fourth-order valence-electron chi connectivity index (χ4n) is 1.78. The van der Waals surface area contributed by atoms with Gasteiger partial charge in [-0.05, 0) is 18.1 Å². The number of halogens is 1.